The SMILES string of the molecule is COc1ccc(CNc2ccc(C(=O)N3CCCCCC3)cn2)cc1OC. The fourth-order valence-electron chi connectivity index (χ4n) is 3.26. The van der Waals surface area contributed by atoms with Crippen molar-refractivity contribution >= 4 is 11.7 Å². The van der Waals surface area contributed by atoms with Crippen LogP contribution in [0.3, 0.4) is 0 Å². The number of anilines is 1. The molecule has 1 saturated heterocycles. The first kappa shape index (κ1) is 19.0. The van der Waals surface area contributed by atoms with E-state index in [4.69, 9.17) is 9.47 Å². The number of ether oxygens (including phenoxy) is 2. The third-order valence-electron chi connectivity index (χ3n) is 4.83. The number of pyridine rings is 1. The molecule has 1 aromatic carbocycles. The van der Waals surface area contributed by atoms with Crippen molar-refractivity contribution in [3.63, 3.8) is 0 Å². The summed E-state index contributed by atoms with van der Waals surface area (Å²) in [5, 5.41) is 3.27. The van der Waals surface area contributed by atoms with Crippen molar-refractivity contribution < 1.29 is 14.3 Å². The maximum Gasteiger partial charge on any atom is 0.255 e. The minimum atomic E-state index is 0.0795. The predicted molar refractivity (Wildman–Crippen MR) is 105 cm³/mol. The summed E-state index contributed by atoms with van der Waals surface area (Å²) >= 11 is 0. The largest absolute Gasteiger partial charge is 0.493 e. The Hall–Kier alpha value is -2.76. The summed E-state index contributed by atoms with van der Waals surface area (Å²) in [7, 11) is 3.24. The highest BCUT2D eigenvalue weighted by Gasteiger charge is 2.17. The van der Waals surface area contributed by atoms with E-state index in [0.29, 0.717) is 23.6 Å². The van der Waals surface area contributed by atoms with Crippen LogP contribution in [-0.2, 0) is 6.54 Å². The number of methoxy groups -OCH3 is 2. The topological polar surface area (TPSA) is 63.7 Å². The molecule has 0 aliphatic carbocycles. The minimum absolute atomic E-state index is 0.0795. The van der Waals surface area contributed by atoms with Gasteiger partial charge in [0.05, 0.1) is 19.8 Å². The second-order valence-electron chi connectivity index (χ2n) is 6.68. The fraction of sp³-hybridized carbons (Fsp3) is 0.429. The smallest absolute Gasteiger partial charge is 0.255 e. The Bertz CT molecular complexity index is 754. The molecule has 0 radical (unpaired) electrons. The molecule has 0 spiro atoms. The van der Waals surface area contributed by atoms with Crippen LogP contribution >= 0.6 is 0 Å². The highest BCUT2D eigenvalue weighted by Crippen LogP contribution is 2.27. The monoisotopic (exact) mass is 369 g/mol. The maximum absolute atomic E-state index is 12.6. The molecule has 0 bridgehead atoms. The van der Waals surface area contributed by atoms with Crippen LogP contribution in [0.15, 0.2) is 36.5 Å². The highest BCUT2D eigenvalue weighted by molar-refractivity contribution is 5.94. The molecule has 6 nitrogen and oxygen atoms in total. The van der Waals surface area contributed by atoms with Crippen LogP contribution in [-0.4, -0.2) is 43.1 Å². The van der Waals surface area contributed by atoms with Crippen LogP contribution in [0, 0.1) is 0 Å². The van der Waals surface area contributed by atoms with Gasteiger partial charge in [-0.05, 0) is 42.7 Å². The van der Waals surface area contributed by atoms with Crippen molar-refractivity contribution in [2.75, 3.05) is 32.6 Å². The number of carbonyl (C=O) groups is 1. The van der Waals surface area contributed by atoms with Gasteiger partial charge in [-0.3, -0.25) is 4.79 Å². The number of rotatable bonds is 6. The number of hydrogen-bond acceptors (Lipinski definition) is 5. The van der Waals surface area contributed by atoms with Gasteiger partial charge in [-0.15, -0.1) is 0 Å². The van der Waals surface area contributed by atoms with Crippen LogP contribution in [0.25, 0.3) is 0 Å². The molecule has 0 atom stereocenters. The molecule has 1 amide bonds. The number of aromatic nitrogens is 1. The molecule has 6 heteroatoms. The van der Waals surface area contributed by atoms with E-state index in [2.05, 4.69) is 10.3 Å². The number of hydrogen-bond donors (Lipinski definition) is 1. The van der Waals surface area contributed by atoms with Gasteiger partial charge in [0.15, 0.2) is 11.5 Å². The van der Waals surface area contributed by atoms with E-state index in [1.807, 2.05) is 35.2 Å². The van der Waals surface area contributed by atoms with Gasteiger partial charge in [0.1, 0.15) is 5.82 Å². The Morgan fingerprint density at radius 1 is 1.04 bits per heavy atom. The van der Waals surface area contributed by atoms with E-state index < -0.39 is 0 Å². The van der Waals surface area contributed by atoms with E-state index in [9.17, 15) is 4.79 Å². The van der Waals surface area contributed by atoms with Crippen LogP contribution in [0.5, 0.6) is 11.5 Å². The third kappa shape index (κ3) is 4.90. The average molecular weight is 369 g/mol. The summed E-state index contributed by atoms with van der Waals surface area (Å²) in [6, 6.07) is 9.49. The summed E-state index contributed by atoms with van der Waals surface area (Å²) in [6.07, 6.45) is 6.25. The van der Waals surface area contributed by atoms with Gasteiger partial charge in [-0.25, -0.2) is 4.98 Å². The Balaban J connectivity index is 1.60. The third-order valence-corrected chi connectivity index (χ3v) is 4.83. The first-order chi connectivity index (χ1) is 13.2. The Kier molecular flexibility index (Phi) is 6.52. The summed E-state index contributed by atoms with van der Waals surface area (Å²) in [4.78, 5) is 19.0. The second-order valence-corrected chi connectivity index (χ2v) is 6.68. The van der Waals surface area contributed by atoms with Crippen molar-refractivity contribution in [1.29, 1.82) is 0 Å². The Morgan fingerprint density at radius 3 is 2.41 bits per heavy atom. The number of nitrogens with one attached hydrogen (secondary N) is 1. The van der Waals surface area contributed by atoms with Crippen molar-refractivity contribution in [1.82, 2.24) is 9.88 Å². The summed E-state index contributed by atoms with van der Waals surface area (Å²) < 4.78 is 10.6. The zero-order valence-electron chi connectivity index (χ0n) is 16.0. The first-order valence-corrected chi connectivity index (χ1v) is 9.41. The van der Waals surface area contributed by atoms with E-state index in [1.165, 1.54) is 12.8 Å². The molecule has 1 N–H and O–H groups in total. The van der Waals surface area contributed by atoms with Crippen molar-refractivity contribution in [3.05, 3.63) is 47.7 Å². The molecule has 27 heavy (non-hydrogen) atoms. The van der Waals surface area contributed by atoms with Crippen molar-refractivity contribution in [2.45, 2.75) is 32.2 Å². The number of carbonyl (C=O) groups excluding carboxylic acids is 1. The van der Waals surface area contributed by atoms with Gasteiger partial charge in [0, 0.05) is 25.8 Å². The van der Waals surface area contributed by atoms with Crippen LogP contribution < -0.4 is 14.8 Å². The Morgan fingerprint density at radius 2 is 1.78 bits per heavy atom. The van der Waals surface area contributed by atoms with Gasteiger partial charge in [-0.2, -0.15) is 0 Å². The number of likely N-dealkylation sites (tertiary alicyclic amines) is 1. The van der Waals surface area contributed by atoms with E-state index in [-0.39, 0.29) is 5.91 Å². The van der Waals surface area contributed by atoms with Gasteiger partial charge >= 0.3 is 0 Å². The molecule has 2 heterocycles. The fourth-order valence-corrected chi connectivity index (χ4v) is 3.26. The molecule has 1 aliphatic rings. The average Bonchev–Trinajstić information content (AvgIpc) is 3.01. The summed E-state index contributed by atoms with van der Waals surface area (Å²) in [5.41, 5.74) is 1.70. The van der Waals surface area contributed by atoms with Crippen LogP contribution in [0.4, 0.5) is 5.82 Å². The standard InChI is InChI=1S/C21H27N3O3/c1-26-18-9-7-16(13-19(18)27-2)14-22-20-10-8-17(15-23-20)21(25)24-11-5-3-4-6-12-24/h7-10,13,15H,3-6,11-12,14H2,1-2H3,(H,22,23). The lowest BCUT2D eigenvalue weighted by molar-refractivity contribution is 0.0761. The molecule has 1 aromatic heterocycles. The maximum atomic E-state index is 12.6. The zero-order valence-corrected chi connectivity index (χ0v) is 16.0. The van der Waals surface area contributed by atoms with Gasteiger partial charge in [0.2, 0.25) is 0 Å². The lowest BCUT2D eigenvalue weighted by atomic mass is 10.2. The van der Waals surface area contributed by atoms with Gasteiger partial charge < -0.3 is 19.7 Å². The second kappa shape index (κ2) is 9.26. The first-order valence-electron chi connectivity index (χ1n) is 9.41. The molecule has 1 fully saturated rings. The zero-order chi connectivity index (χ0) is 19.1. The predicted octanol–water partition coefficient (Wildman–Crippen LogP) is 3.73. The number of amides is 1. The lowest BCUT2D eigenvalue weighted by Crippen LogP contribution is -2.31. The summed E-state index contributed by atoms with van der Waals surface area (Å²) in [5.74, 6) is 2.21. The summed E-state index contributed by atoms with van der Waals surface area (Å²) in [6.45, 7) is 2.29. The Labute approximate surface area is 160 Å². The molecule has 0 unspecified atom stereocenters. The highest BCUT2D eigenvalue weighted by atomic mass is 16.5. The normalized spacial score (nSPS) is 14.4. The lowest BCUT2D eigenvalue weighted by Gasteiger charge is -2.20. The van der Waals surface area contributed by atoms with Gasteiger partial charge in [-0.1, -0.05) is 18.9 Å². The molecule has 1 aliphatic heterocycles. The van der Waals surface area contributed by atoms with Gasteiger partial charge in [0.25, 0.3) is 5.91 Å². The molecule has 2 aromatic rings. The number of nitrogens with zero attached hydrogens (tertiary/aromatic N) is 2. The molecule has 3 rings (SSSR count). The molecular weight excluding hydrogens is 342 g/mol. The van der Waals surface area contributed by atoms with Crippen LogP contribution in [0.2, 0.25) is 0 Å². The van der Waals surface area contributed by atoms with Crippen molar-refractivity contribution in [3.8, 4) is 11.5 Å². The number of benzene rings is 1. The molecular formula is C21H27N3O3. The van der Waals surface area contributed by atoms with E-state index >= 15 is 0 Å². The minimum Gasteiger partial charge on any atom is -0.493 e. The van der Waals surface area contributed by atoms with Crippen LogP contribution in [0.1, 0.15) is 41.6 Å². The van der Waals surface area contributed by atoms with Crippen molar-refractivity contribution in [2.24, 2.45) is 0 Å². The van der Waals surface area contributed by atoms with E-state index in [0.717, 1.165) is 37.3 Å². The quantitative estimate of drug-likeness (QED) is 0.841. The van der Waals surface area contributed by atoms with E-state index in [1.54, 1.807) is 20.4 Å². The molecule has 144 valence electrons. The molecule has 0 saturated carbocycles.